The summed E-state index contributed by atoms with van der Waals surface area (Å²) >= 11 is 1.47. The molecule has 0 atom stereocenters. The summed E-state index contributed by atoms with van der Waals surface area (Å²) in [6.07, 6.45) is 0. The van der Waals surface area contributed by atoms with Gasteiger partial charge in [-0.3, -0.25) is 0 Å². The van der Waals surface area contributed by atoms with Gasteiger partial charge in [0.25, 0.3) is 0 Å². The number of hydrogen-bond acceptors (Lipinski definition) is 7. The molecule has 0 aliphatic carbocycles. The number of aromatic nitrogens is 4. The van der Waals surface area contributed by atoms with Crippen LogP contribution in [-0.4, -0.2) is 59.2 Å². The van der Waals surface area contributed by atoms with Gasteiger partial charge >= 0.3 is 0 Å². The van der Waals surface area contributed by atoms with E-state index < -0.39 is 10.0 Å². The molecule has 2 aromatic carbocycles. The van der Waals surface area contributed by atoms with Crippen LogP contribution in [0.4, 0.5) is 0 Å². The first-order valence-electron chi connectivity index (χ1n) is 10.1. The van der Waals surface area contributed by atoms with E-state index in [1.54, 1.807) is 22.9 Å². The maximum atomic E-state index is 12.9. The molecule has 0 unspecified atom stereocenters. The minimum atomic E-state index is -3.52. The predicted molar refractivity (Wildman–Crippen MR) is 119 cm³/mol. The largest absolute Gasteiger partial charge is 0.379 e. The molecule has 8 nitrogen and oxygen atoms in total. The average molecular weight is 460 g/mol. The highest BCUT2D eigenvalue weighted by molar-refractivity contribution is 7.98. The third-order valence-electron chi connectivity index (χ3n) is 5.12. The van der Waals surface area contributed by atoms with Crippen LogP contribution in [0.2, 0.25) is 0 Å². The molecule has 0 amide bonds. The zero-order valence-electron chi connectivity index (χ0n) is 17.5. The van der Waals surface area contributed by atoms with Crippen molar-refractivity contribution in [2.24, 2.45) is 0 Å². The molecule has 0 N–H and O–H groups in total. The van der Waals surface area contributed by atoms with Crippen molar-refractivity contribution >= 4 is 21.8 Å². The van der Waals surface area contributed by atoms with Crippen molar-refractivity contribution in [1.82, 2.24) is 24.5 Å². The fraction of sp³-hybridized carbons (Fsp3) is 0.381. The summed E-state index contributed by atoms with van der Waals surface area (Å²) in [4.78, 5) is 0.302. The number of hydrogen-bond donors (Lipinski definition) is 0. The van der Waals surface area contributed by atoms with Gasteiger partial charge in [-0.25, -0.2) is 8.42 Å². The molecule has 0 bridgehead atoms. The van der Waals surface area contributed by atoms with Crippen LogP contribution in [0.1, 0.15) is 30.9 Å². The smallest absolute Gasteiger partial charge is 0.243 e. The van der Waals surface area contributed by atoms with Crippen molar-refractivity contribution in [3.8, 4) is 5.69 Å². The van der Waals surface area contributed by atoms with Crippen LogP contribution in [0.15, 0.2) is 58.6 Å². The summed E-state index contributed by atoms with van der Waals surface area (Å²) in [6, 6.07) is 15.2. The molecule has 0 saturated carbocycles. The lowest BCUT2D eigenvalue weighted by molar-refractivity contribution is 0.0730. The molecule has 4 rings (SSSR count). The third kappa shape index (κ3) is 4.98. The number of thioether (sulfide) groups is 1. The second-order valence-electron chi connectivity index (χ2n) is 7.57. The lowest BCUT2D eigenvalue weighted by Crippen LogP contribution is -2.40. The molecule has 1 saturated heterocycles. The maximum absolute atomic E-state index is 12.9. The highest BCUT2D eigenvalue weighted by Gasteiger charge is 2.26. The van der Waals surface area contributed by atoms with Gasteiger partial charge in [0, 0.05) is 18.8 Å². The highest BCUT2D eigenvalue weighted by atomic mass is 32.2. The Balaban J connectivity index is 1.48. The van der Waals surface area contributed by atoms with Gasteiger partial charge in [-0.1, -0.05) is 49.9 Å². The van der Waals surface area contributed by atoms with Crippen molar-refractivity contribution in [3.05, 3.63) is 59.7 Å². The monoisotopic (exact) mass is 459 g/mol. The molecule has 1 aliphatic rings. The Bertz CT molecular complexity index is 1120. The summed E-state index contributed by atoms with van der Waals surface area (Å²) in [7, 11) is -3.52. The van der Waals surface area contributed by atoms with E-state index in [2.05, 4.69) is 41.5 Å². The number of rotatable bonds is 7. The van der Waals surface area contributed by atoms with E-state index in [1.165, 1.54) is 21.6 Å². The van der Waals surface area contributed by atoms with Crippen LogP contribution >= 0.6 is 11.8 Å². The first-order chi connectivity index (χ1) is 14.9. The molecule has 10 heteroatoms. The molecular formula is C21H25N5O3S2. The Hall–Kier alpha value is -2.27. The van der Waals surface area contributed by atoms with Crippen molar-refractivity contribution in [3.63, 3.8) is 0 Å². The summed E-state index contributed by atoms with van der Waals surface area (Å²) in [5.41, 5.74) is 3.04. The fourth-order valence-electron chi connectivity index (χ4n) is 3.31. The number of benzene rings is 2. The second kappa shape index (κ2) is 9.47. The summed E-state index contributed by atoms with van der Waals surface area (Å²) in [6.45, 7) is 5.92. The number of ether oxygens (including phenoxy) is 1. The first kappa shape index (κ1) is 21.9. The van der Waals surface area contributed by atoms with Crippen LogP contribution in [0.5, 0.6) is 0 Å². The van der Waals surface area contributed by atoms with Crippen LogP contribution in [-0.2, 0) is 20.5 Å². The molecule has 2 heterocycles. The fourth-order valence-corrected chi connectivity index (χ4v) is 5.62. The lowest BCUT2D eigenvalue weighted by Gasteiger charge is -2.26. The van der Waals surface area contributed by atoms with Crippen LogP contribution in [0, 0.1) is 0 Å². The standard InChI is InChI=1S/C21H25N5O3S2/c1-16(2)18-6-8-19(9-7-18)26-21(22-23-24-26)30-15-17-4-3-5-20(14-17)31(27,28)25-10-12-29-13-11-25/h3-9,14,16H,10-13,15H2,1-2H3. The van der Waals surface area contributed by atoms with Gasteiger partial charge in [0.15, 0.2) is 0 Å². The Morgan fingerprint density at radius 3 is 2.55 bits per heavy atom. The van der Waals surface area contributed by atoms with Crippen molar-refractivity contribution in [2.45, 2.75) is 35.6 Å². The van der Waals surface area contributed by atoms with E-state index in [0.717, 1.165) is 11.3 Å². The van der Waals surface area contributed by atoms with Gasteiger partial charge < -0.3 is 4.74 Å². The zero-order valence-corrected chi connectivity index (χ0v) is 19.1. The number of tetrazole rings is 1. The minimum absolute atomic E-state index is 0.302. The average Bonchev–Trinajstić information content (AvgIpc) is 3.27. The predicted octanol–water partition coefficient (Wildman–Crippen LogP) is 3.10. The molecule has 1 fully saturated rings. The van der Waals surface area contributed by atoms with Crippen LogP contribution in [0.3, 0.4) is 0 Å². The van der Waals surface area contributed by atoms with E-state index in [0.29, 0.717) is 48.0 Å². The van der Waals surface area contributed by atoms with Crippen molar-refractivity contribution < 1.29 is 13.2 Å². The molecule has 1 aliphatic heterocycles. The molecule has 31 heavy (non-hydrogen) atoms. The topological polar surface area (TPSA) is 90.2 Å². The molecule has 3 aromatic rings. The molecule has 0 spiro atoms. The number of sulfonamides is 1. The summed E-state index contributed by atoms with van der Waals surface area (Å²) in [5.74, 6) is 1.01. The SMILES string of the molecule is CC(C)c1ccc(-n2nnnc2SCc2cccc(S(=O)(=O)N3CCOCC3)c2)cc1. The Kier molecular flexibility index (Phi) is 6.71. The normalized spacial score (nSPS) is 15.5. The molecular weight excluding hydrogens is 434 g/mol. The lowest BCUT2D eigenvalue weighted by atomic mass is 10.0. The highest BCUT2D eigenvalue weighted by Crippen LogP contribution is 2.25. The van der Waals surface area contributed by atoms with E-state index in [4.69, 9.17) is 4.74 Å². The Morgan fingerprint density at radius 1 is 1.10 bits per heavy atom. The quantitative estimate of drug-likeness (QED) is 0.502. The van der Waals surface area contributed by atoms with Crippen LogP contribution < -0.4 is 0 Å². The van der Waals surface area contributed by atoms with E-state index in [9.17, 15) is 8.42 Å². The van der Waals surface area contributed by atoms with Gasteiger partial charge in [0.2, 0.25) is 15.2 Å². The zero-order chi connectivity index (χ0) is 21.8. The third-order valence-corrected chi connectivity index (χ3v) is 8.00. The Labute approximate surface area is 186 Å². The van der Waals surface area contributed by atoms with Gasteiger partial charge in [0.05, 0.1) is 23.8 Å². The van der Waals surface area contributed by atoms with Crippen molar-refractivity contribution in [1.29, 1.82) is 0 Å². The van der Waals surface area contributed by atoms with E-state index >= 15 is 0 Å². The molecule has 164 valence electrons. The maximum Gasteiger partial charge on any atom is 0.243 e. The van der Waals surface area contributed by atoms with E-state index in [-0.39, 0.29) is 0 Å². The second-order valence-corrected chi connectivity index (χ2v) is 10.5. The number of nitrogens with zero attached hydrogens (tertiary/aromatic N) is 5. The van der Waals surface area contributed by atoms with Gasteiger partial charge in [-0.2, -0.15) is 8.99 Å². The van der Waals surface area contributed by atoms with E-state index in [1.807, 2.05) is 18.2 Å². The van der Waals surface area contributed by atoms with Gasteiger partial charge in [-0.15, -0.1) is 5.10 Å². The van der Waals surface area contributed by atoms with Crippen molar-refractivity contribution in [2.75, 3.05) is 26.3 Å². The van der Waals surface area contributed by atoms with Gasteiger partial charge in [0.1, 0.15) is 0 Å². The molecule has 1 aromatic heterocycles. The number of morpholine rings is 1. The van der Waals surface area contributed by atoms with Gasteiger partial charge in [-0.05, 0) is 51.7 Å². The van der Waals surface area contributed by atoms with Crippen LogP contribution in [0.25, 0.3) is 5.69 Å². The first-order valence-corrected chi connectivity index (χ1v) is 12.6. The summed E-state index contributed by atoms with van der Waals surface area (Å²) < 4.78 is 34.3. The Morgan fingerprint density at radius 2 is 1.84 bits per heavy atom. The molecule has 0 radical (unpaired) electrons. The minimum Gasteiger partial charge on any atom is -0.379 e. The summed E-state index contributed by atoms with van der Waals surface area (Å²) in [5, 5.41) is 12.7.